The summed E-state index contributed by atoms with van der Waals surface area (Å²) in [6, 6.07) is 5.17. The Morgan fingerprint density at radius 3 is 2.71 bits per heavy atom. The summed E-state index contributed by atoms with van der Waals surface area (Å²) in [4.78, 5) is 47.6. The second-order valence-corrected chi connectivity index (χ2v) is 5.11. The lowest BCUT2D eigenvalue weighted by molar-refractivity contribution is -0.117. The van der Waals surface area contributed by atoms with Crippen molar-refractivity contribution in [1.82, 2.24) is 4.90 Å². The largest absolute Gasteiger partial charge is 0.478 e. The number of nitrogens with one attached hydrogen (secondary N) is 1. The van der Waals surface area contributed by atoms with Gasteiger partial charge in [0.05, 0.1) is 11.9 Å². The average molecular weight is 327 g/mol. The number of hydrogen-bond donors (Lipinski definition) is 2. The molecule has 3 rings (SSSR count). The van der Waals surface area contributed by atoms with E-state index in [0.29, 0.717) is 18.1 Å². The van der Waals surface area contributed by atoms with Crippen LogP contribution in [-0.2, 0) is 9.59 Å². The molecule has 1 atom stereocenters. The number of carboxylic acids is 1. The molecule has 0 saturated carbocycles. The summed E-state index contributed by atoms with van der Waals surface area (Å²) < 4.78 is 0. The molecule has 0 bridgehead atoms. The molecule has 1 aromatic carbocycles. The number of benzene rings is 1. The maximum atomic E-state index is 12.0. The van der Waals surface area contributed by atoms with Gasteiger partial charge in [-0.05, 0) is 24.3 Å². The summed E-state index contributed by atoms with van der Waals surface area (Å²) in [6.07, 6.45) is 2.81. The summed E-state index contributed by atoms with van der Waals surface area (Å²) >= 11 is 0. The first-order valence-corrected chi connectivity index (χ1v) is 7.12. The van der Waals surface area contributed by atoms with E-state index in [2.05, 4.69) is 20.3 Å². The lowest BCUT2D eigenvalue weighted by Crippen LogP contribution is -2.38. The molecular formula is C15H13N5O4. The van der Waals surface area contributed by atoms with Crippen molar-refractivity contribution in [3.8, 4) is 0 Å². The number of hydrogen-bond acceptors (Lipinski definition) is 6. The van der Waals surface area contributed by atoms with Crippen LogP contribution in [0.3, 0.4) is 0 Å². The molecule has 1 aromatic rings. The van der Waals surface area contributed by atoms with Crippen LogP contribution >= 0.6 is 0 Å². The van der Waals surface area contributed by atoms with E-state index in [1.807, 2.05) is 0 Å². The van der Waals surface area contributed by atoms with Gasteiger partial charge >= 0.3 is 5.97 Å². The molecule has 0 aliphatic carbocycles. The van der Waals surface area contributed by atoms with Crippen LogP contribution < -0.4 is 5.32 Å². The number of fused-ring (bicyclic) bond motifs is 1. The average Bonchev–Trinajstić information content (AvgIpc) is 2.98. The van der Waals surface area contributed by atoms with Gasteiger partial charge in [0.1, 0.15) is 12.2 Å². The fraction of sp³-hybridized carbons (Fsp3) is 0.200. The molecule has 9 nitrogen and oxygen atoms in total. The molecule has 9 heteroatoms. The Bertz CT molecular complexity index is 782. The molecule has 122 valence electrons. The lowest BCUT2D eigenvalue weighted by atomic mass is 10.2. The van der Waals surface area contributed by atoms with Crippen LogP contribution in [0, 0.1) is 0 Å². The van der Waals surface area contributed by atoms with Crippen molar-refractivity contribution in [3.63, 3.8) is 0 Å². The third kappa shape index (κ3) is 3.19. The van der Waals surface area contributed by atoms with E-state index in [0.717, 1.165) is 0 Å². The molecule has 0 aromatic heterocycles. The smallest absolute Gasteiger partial charge is 0.335 e. The number of amidine groups is 1. The fourth-order valence-corrected chi connectivity index (χ4v) is 2.28. The predicted molar refractivity (Wildman–Crippen MR) is 86.6 cm³/mol. The van der Waals surface area contributed by atoms with Gasteiger partial charge in [-0.15, -0.1) is 0 Å². The quantitative estimate of drug-likeness (QED) is 0.809. The molecule has 2 amide bonds. The molecule has 2 aliphatic rings. The van der Waals surface area contributed by atoms with Crippen molar-refractivity contribution in [2.45, 2.75) is 12.5 Å². The number of anilines is 1. The van der Waals surface area contributed by atoms with E-state index in [-0.39, 0.29) is 23.8 Å². The Kier molecular flexibility index (Phi) is 4.15. The van der Waals surface area contributed by atoms with Crippen LogP contribution in [-0.4, -0.2) is 58.9 Å². The predicted octanol–water partition coefficient (Wildman–Crippen LogP) is 0.393. The number of carbonyl (C=O) groups excluding carboxylic acids is 2. The third-order valence-electron chi connectivity index (χ3n) is 3.50. The minimum Gasteiger partial charge on any atom is -0.478 e. The van der Waals surface area contributed by atoms with Crippen molar-refractivity contribution in [2.24, 2.45) is 15.0 Å². The molecule has 24 heavy (non-hydrogen) atoms. The fourth-order valence-electron chi connectivity index (χ4n) is 2.28. The van der Waals surface area contributed by atoms with Crippen molar-refractivity contribution in [2.75, 3.05) is 11.9 Å². The standard InChI is InChI=1S/C15H13N5O4/c21-11(19-10-3-1-9(2-4-10)15(23)24)5-6-20-8-18-12-13(20)16-7-17-14(12)22/h1-4,7-8,12H,5-6H2,(H,19,21)(H,23,24). The zero-order valence-corrected chi connectivity index (χ0v) is 12.4. The first kappa shape index (κ1) is 15.5. The summed E-state index contributed by atoms with van der Waals surface area (Å²) in [5.41, 5.74) is 0.657. The zero-order valence-electron chi connectivity index (χ0n) is 12.4. The van der Waals surface area contributed by atoms with Crippen LogP contribution in [0.4, 0.5) is 5.69 Å². The van der Waals surface area contributed by atoms with E-state index >= 15 is 0 Å². The van der Waals surface area contributed by atoms with Gasteiger partial charge in [-0.25, -0.2) is 9.79 Å². The number of rotatable bonds is 5. The number of aromatic carboxylic acids is 1. The monoisotopic (exact) mass is 327 g/mol. The Morgan fingerprint density at radius 1 is 1.25 bits per heavy atom. The Morgan fingerprint density at radius 2 is 2.00 bits per heavy atom. The third-order valence-corrected chi connectivity index (χ3v) is 3.50. The Balaban J connectivity index is 1.54. The van der Waals surface area contributed by atoms with Gasteiger partial charge in [0.25, 0.3) is 5.91 Å². The summed E-state index contributed by atoms with van der Waals surface area (Å²) in [7, 11) is 0. The van der Waals surface area contributed by atoms with E-state index in [1.54, 1.807) is 4.90 Å². The number of carboxylic acid groups (broad SMARTS) is 1. The summed E-state index contributed by atoms with van der Waals surface area (Å²) in [5.74, 6) is -1.18. The lowest BCUT2D eigenvalue weighted by Gasteiger charge is -2.18. The van der Waals surface area contributed by atoms with Crippen molar-refractivity contribution in [3.05, 3.63) is 29.8 Å². The van der Waals surface area contributed by atoms with E-state index < -0.39 is 12.0 Å². The van der Waals surface area contributed by atoms with Crippen molar-refractivity contribution >= 4 is 42.0 Å². The molecule has 2 N–H and O–H groups in total. The SMILES string of the molecule is O=C(CCN1C=NC2C(=O)N=CN=C21)Nc1ccc(C(=O)O)cc1. The molecule has 2 heterocycles. The van der Waals surface area contributed by atoms with Crippen LogP contribution in [0.15, 0.2) is 39.2 Å². The van der Waals surface area contributed by atoms with Gasteiger partial charge < -0.3 is 15.3 Å². The molecule has 2 aliphatic heterocycles. The van der Waals surface area contributed by atoms with Gasteiger partial charge in [-0.3, -0.25) is 14.6 Å². The molecular weight excluding hydrogens is 314 g/mol. The van der Waals surface area contributed by atoms with Crippen molar-refractivity contribution in [1.29, 1.82) is 0 Å². The van der Waals surface area contributed by atoms with Gasteiger partial charge in [-0.1, -0.05) is 0 Å². The maximum absolute atomic E-state index is 12.0. The normalized spacial score (nSPS) is 18.3. The minimum atomic E-state index is -1.03. The minimum absolute atomic E-state index is 0.147. The van der Waals surface area contributed by atoms with Crippen LogP contribution in [0.25, 0.3) is 0 Å². The summed E-state index contributed by atoms with van der Waals surface area (Å²) in [5, 5.41) is 11.5. The molecule has 0 radical (unpaired) electrons. The second kappa shape index (κ2) is 6.41. The van der Waals surface area contributed by atoms with Crippen LogP contribution in [0.5, 0.6) is 0 Å². The van der Waals surface area contributed by atoms with E-state index in [9.17, 15) is 14.4 Å². The molecule has 0 spiro atoms. The topological polar surface area (TPSA) is 124 Å². The zero-order chi connectivity index (χ0) is 17.1. The second-order valence-electron chi connectivity index (χ2n) is 5.11. The van der Waals surface area contributed by atoms with Gasteiger partial charge in [-0.2, -0.15) is 4.99 Å². The first-order chi connectivity index (χ1) is 11.5. The number of amides is 2. The highest BCUT2D eigenvalue weighted by atomic mass is 16.4. The number of aliphatic imine (C=N–C) groups is 3. The van der Waals surface area contributed by atoms with Gasteiger partial charge in [0.15, 0.2) is 6.04 Å². The maximum Gasteiger partial charge on any atom is 0.335 e. The highest BCUT2D eigenvalue weighted by Gasteiger charge is 2.33. The highest BCUT2D eigenvalue weighted by Crippen LogP contribution is 2.14. The van der Waals surface area contributed by atoms with Gasteiger partial charge in [0.2, 0.25) is 5.91 Å². The highest BCUT2D eigenvalue weighted by molar-refractivity contribution is 6.19. The molecule has 0 saturated heterocycles. The number of carbonyl (C=O) groups is 3. The van der Waals surface area contributed by atoms with E-state index in [4.69, 9.17) is 5.11 Å². The van der Waals surface area contributed by atoms with Crippen molar-refractivity contribution < 1.29 is 19.5 Å². The Labute approximate surface area is 136 Å². The molecule has 1 unspecified atom stereocenters. The van der Waals surface area contributed by atoms with E-state index in [1.165, 1.54) is 36.9 Å². The van der Waals surface area contributed by atoms with Gasteiger partial charge in [0, 0.05) is 18.7 Å². The van der Waals surface area contributed by atoms with Crippen LogP contribution in [0.2, 0.25) is 0 Å². The summed E-state index contributed by atoms with van der Waals surface area (Å²) in [6.45, 7) is 0.318. The Hall–Kier alpha value is -3.36. The number of nitrogens with zero attached hydrogens (tertiary/aromatic N) is 4. The van der Waals surface area contributed by atoms with Crippen LogP contribution in [0.1, 0.15) is 16.8 Å². The first-order valence-electron chi connectivity index (χ1n) is 7.12. The molecule has 0 fully saturated rings.